The van der Waals surface area contributed by atoms with Gasteiger partial charge in [-0.3, -0.25) is 4.79 Å². The van der Waals surface area contributed by atoms with Gasteiger partial charge in [0.2, 0.25) is 5.91 Å². The molecule has 0 saturated heterocycles. The number of benzene rings is 1. The average molecular weight is 305 g/mol. The quantitative estimate of drug-likeness (QED) is 0.920. The standard InChI is InChI=1S/C15H19N3O2S/c1-10-4-5-13(20-3)11(6-10)8-18(2)14(19)7-12-9-21-15(16)17-12/h4-6,9H,7-8H2,1-3H3,(H2,16,17). The van der Waals surface area contributed by atoms with Gasteiger partial charge in [-0.1, -0.05) is 17.7 Å². The molecule has 0 aliphatic heterocycles. The van der Waals surface area contributed by atoms with Crippen LogP contribution in [0.3, 0.4) is 0 Å². The zero-order chi connectivity index (χ0) is 15.4. The van der Waals surface area contributed by atoms with E-state index in [1.807, 2.05) is 30.5 Å². The number of aromatic nitrogens is 1. The number of carbonyl (C=O) groups is 1. The number of nitrogens with zero attached hydrogens (tertiary/aromatic N) is 2. The van der Waals surface area contributed by atoms with E-state index in [0.29, 0.717) is 17.4 Å². The molecule has 0 aliphatic carbocycles. The van der Waals surface area contributed by atoms with E-state index < -0.39 is 0 Å². The molecule has 112 valence electrons. The fourth-order valence-corrected chi connectivity index (χ4v) is 2.63. The maximum Gasteiger partial charge on any atom is 0.228 e. The highest BCUT2D eigenvalue weighted by Gasteiger charge is 2.14. The monoisotopic (exact) mass is 305 g/mol. The highest BCUT2D eigenvalue weighted by Crippen LogP contribution is 2.21. The van der Waals surface area contributed by atoms with Crippen molar-refractivity contribution in [1.29, 1.82) is 0 Å². The molecule has 21 heavy (non-hydrogen) atoms. The first-order chi connectivity index (χ1) is 9.99. The number of rotatable bonds is 5. The summed E-state index contributed by atoms with van der Waals surface area (Å²) in [6.45, 7) is 2.52. The van der Waals surface area contributed by atoms with Gasteiger partial charge in [0.1, 0.15) is 5.75 Å². The van der Waals surface area contributed by atoms with E-state index >= 15 is 0 Å². The minimum absolute atomic E-state index is 0.00357. The molecular formula is C15H19N3O2S. The summed E-state index contributed by atoms with van der Waals surface area (Å²) < 4.78 is 5.34. The second-order valence-electron chi connectivity index (χ2n) is 4.92. The highest BCUT2D eigenvalue weighted by molar-refractivity contribution is 7.13. The van der Waals surface area contributed by atoms with Crippen LogP contribution in [0.4, 0.5) is 5.13 Å². The lowest BCUT2D eigenvalue weighted by Gasteiger charge is -2.19. The number of aryl methyl sites for hydroxylation is 1. The Bertz CT molecular complexity index is 640. The van der Waals surface area contributed by atoms with Gasteiger partial charge in [-0.2, -0.15) is 0 Å². The number of amides is 1. The van der Waals surface area contributed by atoms with Crippen molar-refractivity contribution in [1.82, 2.24) is 9.88 Å². The van der Waals surface area contributed by atoms with Gasteiger partial charge >= 0.3 is 0 Å². The molecule has 1 heterocycles. The second-order valence-corrected chi connectivity index (χ2v) is 5.81. The molecule has 0 bridgehead atoms. The number of nitrogens with two attached hydrogens (primary N) is 1. The lowest BCUT2D eigenvalue weighted by atomic mass is 10.1. The van der Waals surface area contributed by atoms with E-state index in [-0.39, 0.29) is 12.3 Å². The molecule has 1 aromatic carbocycles. The summed E-state index contributed by atoms with van der Waals surface area (Å²) in [6.07, 6.45) is 0.262. The summed E-state index contributed by atoms with van der Waals surface area (Å²) in [5.41, 5.74) is 8.42. The van der Waals surface area contributed by atoms with E-state index in [9.17, 15) is 4.79 Å². The minimum Gasteiger partial charge on any atom is -0.496 e. The van der Waals surface area contributed by atoms with Crippen LogP contribution in [0.2, 0.25) is 0 Å². The van der Waals surface area contributed by atoms with Crippen LogP contribution in [0.15, 0.2) is 23.6 Å². The van der Waals surface area contributed by atoms with Crippen LogP contribution in [0, 0.1) is 6.92 Å². The van der Waals surface area contributed by atoms with Crippen molar-refractivity contribution in [2.45, 2.75) is 19.9 Å². The van der Waals surface area contributed by atoms with Crippen LogP contribution in [0.25, 0.3) is 0 Å². The largest absolute Gasteiger partial charge is 0.496 e. The van der Waals surface area contributed by atoms with Crippen LogP contribution in [-0.2, 0) is 17.8 Å². The van der Waals surface area contributed by atoms with Gasteiger partial charge in [-0.25, -0.2) is 4.98 Å². The molecule has 0 unspecified atom stereocenters. The molecular weight excluding hydrogens is 286 g/mol. The number of thiazole rings is 1. The van der Waals surface area contributed by atoms with Crippen molar-refractivity contribution in [3.63, 3.8) is 0 Å². The first-order valence-corrected chi connectivity index (χ1v) is 7.45. The van der Waals surface area contributed by atoms with Gasteiger partial charge in [-0.05, 0) is 13.0 Å². The maximum absolute atomic E-state index is 12.2. The first-order valence-electron chi connectivity index (χ1n) is 6.57. The molecule has 1 aromatic heterocycles. The van der Waals surface area contributed by atoms with Gasteiger partial charge in [0.05, 0.1) is 19.2 Å². The zero-order valence-corrected chi connectivity index (χ0v) is 13.2. The van der Waals surface area contributed by atoms with Gasteiger partial charge in [0.15, 0.2) is 5.13 Å². The van der Waals surface area contributed by atoms with Crippen molar-refractivity contribution in [3.05, 3.63) is 40.4 Å². The lowest BCUT2D eigenvalue weighted by Crippen LogP contribution is -2.28. The number of ether oxygens (including phenoxy) is 1. The number of likely N-dealkylation sites (N-methyl/N-ethyl adjacent to an activating group) is 1. The van der Waals surface area contributed by atoms with E-state index in [1.165, 1.54) is 11.3 Å². The van der Waals surface area contributed by atoms with Gasteiger partial charge < -0.3 is 15.4 Å². The molecule has 1 amide bonds. The van der Waals surface area contributed by atoms with Gasteiger partial charge in [0, 0.05) is 24.5 Å². The number of anilines is 1. The Morgan fingerprint density at radius 3 is 2.86 bits per heavy atom. The van der Waals surface area contributed by atoms with Crippen molar-refractivity contribution >= 4 is 22.4 Å². The van der Waals surface area contributed by atoms with Crippen LogP contribution in [0.5, 0.6) is 5.75 Å². The average Bonchev–Trinajstić information content (AvgIpc) is 2.84. The fourth-order valence-electron chi connectivity index (χ4n) is 2.07. The Hall–Kier alpha value is -2.08. The van der Waals surface area contributed by atoms with E-state index in [1.54, 1.807) is 19.1 Å². The summed E-state index contributed by atoms with van der Waals surface area (Å²) in [6, 6.07) is 5.94. The van der Waals surface area contributed by atoms with E-state index in [4.69, 9.17) is 10.5 Å². The molecule has 2 N–H and O–H groups in total. The summed E-state index contributed by atoms with van der Waals surface area (Å²) in [5.74, 6) is 0.794. The normalized spacial score (nSPS) is 10.4. The van der Waals surface area contributed by atoms with E-state index in [0.717, 1.165) is 16.9 Å². The molecule has 0 radical (unpaired) electrons. The molecule has 2 aromatic rings. The first kappa shape index (κ1) is 15.3. The fraction of sp³-hybridized carbons (Fsp3) is 0.333. The third kappa shape index (κ3) is 3.95. The SMILES string of the molecule is COc1ccc(C)cc1CN(C)C(=O)Cc1csc(N)n1. The lowest BCUT2D eigenvalue weighted by molar-refractivity contribution is -0.129. The minimum atomic E-state index is 0.00357. The molecule has 0 fully saturated rings. The third-order valence-electron chi connectivity index (χ3n) is 3.17. The summed E-state index contributed by atoms with van der Waals surface area (Å²) in [5, 5.41) is 2.30. The molecule has 0 aliphatic rings. The van der Waals surface area contributed by atoms with Gasteiger partial charge in [-0.15, -0.1) is 11.3 Å². The Kier molecular flexibility index (Phi) is 4.80. The Labute approximate surface area is 128 Å². The maximum atomic E-state index is 12.2. The third-order valence-corrected chi connectivity index (χ3v) is 3.89. The topological polar surface area (TPSA) is 68.5 Å². The van der Waals surface area contributed by atoms with Crippen LogP contribution >= 0.6 is 11.3 Å². The predicted octanol–water partition coefficient (Wildman–Crippen LogP) is 2.24. The molecule has 5 nitrogen and oxygen atoms in total. The molecule has 2 rings (SSSR count). The Balaban J connectivity index is 2.05. The van der Waals surface area contributed by atoms with Crippen molar-refractivity contribution in [2.75, 3.05) is 19.9 Å². The van der Waals surface area contributed by atoms with Crippen molar-refractivity contribution in [3.8, 4) is 5.75 Å². The van der Waals surface area contributed by atoms with Crippen molar-refractivity contribution < 1.29 is 9.53 Å². The Morgan fingerprint density at radius 1 is 1.48 bits per heavy atom. The molecule has 0 atom stereocenters. The number of methoxy groups -OCH3 is 1. The number of carbonyl (C=O) groups excluding carboxylic acids is 1. The van der Waals surface area contributed by atoms with E-state index in [2.05, 4.69) is 4.98 Å². The molecule has 0 saturated carbocycles. The zero-order valence-electron chi connectivity index (χ0n) is 12.4. The summed E-state index contributed by atoms with van der Waals surface area (Å²) in [7, 11) is 3.41. The summed E-state index contributed by atoms with van der Waals surface area (Å²) in [4.78, 5) is 18.0. The molecule has 0 spiro atoms. The second kappa shape index (κ2) is 6.58. The number of nitrogen functional groups attached to an aromatic ring is 1. The highest BCUT2D eigenvalue weighted by atomic mass is 32.1. The van der Waals surface area contributed by atoms with Crippen LogP contribution in [0.1, 0.15) is 16.8 Å². The Morgan fingerprint density at radius 2 is 2.24 bits per heavy atom. The van der Waals surface area contributed by atoms with Crippen LogP contribution in [-0.4, -0.2) is 29.9 Å². The van der Waals surface area contributed by atoms with Crippen molar-refractivity contribution in [2.24, 2.45) is 0 Å². The summed E-state index contributed by atoms with van der Waals surface area (Å²) >= 11 is 1.35. The molecule has 6 heteroatoms. The smallest absolute Gasteiger partial charge is 0.228 e. The number of hydrogen-bond donors (Lipinski definition) is 1. The van der Waals surface area contributed by atoms with Crippen LogP contribution < -0.4 is 10.5 Å². The predicted molar refractivity (Wildman–Crippen MR) is 84.4 cm³/mol. The number of hydrogen-bond acceptors (Lipinski definition) is 5. The van der Waals surface area contributed by atoms with Gasteiger partial charge in [0.25, 0.3) is 0 Å².